The molecule has 2 N–H and O–H groups in total. The van der Waals surface area contributed by atoms with Crippen molar-refractivity contribution in [3.8, 4) is 11.1 Å². The summed E-state index contributed by atoms with van der Waals surface area (Å²) >= 11 is 1.53. The molecule has 0 aliphatic carbocycles. The van der Waals surface area contributed by atoms with E-state index in [0.717, 1.165) is 28.2 Å². The molecule has 4 nitrogen and oxygen atoms in total. The Hall–Kier alpha value is -1.85. The number of carbonyl (C=O) groups excluding carboxylic acids is 1. The van der Waals surface area contributed by atoms with E-state index in [9.17, 15) is 4.79 Å². The average Bonchev–Trinajstić information content (AvgIpc) is 3.13. The van der Waals surface area contributed by atoms with E-state index in [-0.39, 0.29) is 5.91 Å². The van der Waals surface area contributed by atoms with E-state index >= 15 is 0 Å². The molecule has 1 aromatic heterocycles. The van der Waals surface area contributed by atoms with Crippen LogP contribution in [0.15, 0.2) is 35.7 Å². The Morgan fingerprint density at radius 1 is 1.25 bits per heavy atom. The second kappa shape index (κ2) is 6.57. The Morgan fingerprint density at radius 3 is 2.79 bits per heavy atom. The monoisotopic (exact) mass is 341 g/mol. The molecule has 1 aromatic carbocycles. The number of fused-ring (bicyclic) bond motifs is 3. The maximum absolute atomic E-state index is 12.9. The van der Waals surface area contributed by atoms with Gasteiger partial charge in [0, 0.05) is 30.9 Å². The smallest absolute Gasteiger partial charge is 0.262 e. The Morgan fingerprint density at radius 2 is 2.08 bits per heavy atom. The molecule has 1 unspecified atom stereocenters. The number of anilines is 1. The number of thiophene rings is 1. The van der Waals surface area contributed by atoms with Crippen LogP contribution in [-0.2, 0) is 0 Å². The third kappa shape index (κ3) is 2.94. The fraction of sp³-hybridized carbons (Fsp3) is 0.421. The minimum atomic E-state index is 0.0774. The first-order chi connectivity index (χ1) is 11.7. The van der Waals surface area contributed by atoms with E-state index in [2.05, 4.69) is 27.7 Å². The van der Waals surface area contributed by atoms with Crippen LogP contribution >= 0.6 is 11.3 Å². The molecule has 1 amide bonds. The highest BCUT2D eigenvalue weighted by atomic mass is 32.1. The predicted molar refractivity (Wildman–Crippen MR) is 99.7 cm³/mol. The van der Waals surface area contributed by atoms with E-state index in [4.69, 9.17) is 0 Å². The number of hydrogen-bond donors (Lipinski definition) is 2. The number of amides is 1. The van der Waals surface area contributed by atoms with Gasteiger partial charge in [-0.15, -0.1) is 11.3 Å². The Labute approximate surface area is 146 Å². The zero-order chi connectivity index (χ0) is 16.5. The minimum Gasteiger partial charge on any atom is -0.388 e. The van der Waals surface area contributed by atoms with E-state index in [0.29, 0.717) is 12.0 Å². The van der Waals surface area contributed by atoms with Crippen molar-refractivity contribution in [2.45, 2.75) is 18.9 Å². The maximum Gasteiger partial charge on any atom is 0.262 e. The normalized spacial score (nSPS) is 25.5. The summed E-state index contributed by atoms with van der Waals surface area (Å²) in [4.78, 5) is 16.2. The Balaban J connectivity index is 1.54. The molecule has 0 radical (unpaired) electrons. The third-order valence-electron chi connectivity index (χ3n) is 5.31. The molecule has 2 aromatic rings. The summed E-state index contributed by atoms with van der Waals surface area (Å²) in [6, 6.07) is 10.6. The van der Waals surface area contributed by atoms with Crippen LogP contribution in [-0.4, -0.2) is 43.5 Å². The molecule has 1 atom stereocenters. The van der Waals surface area contributed by atoms with Gasteiger partial charge in [0.05, 0.1) is 4.88 Å². The number of nitrogens with zero attached hydrogens (tertiary/aromatic N) is 1. The fourth-order valence-corrected chi connectivity index (χ4v) is 4.74. The predicted octanol–water partition coefficient (Wildman–Crippen LogP) is 3.28. The first-order valence-corrected chi connectivity index (χ1v) is 9.51. The topological polar surface area (TPSA) is 44.4 Å². The van der Waals surface area contributed by atoms with Crippen molar-refractivity contribution in [1.29, 1.82) is 0 Å². The molecule has 5 heteroatoms. The lowest BCUT2D eigenvalue weighted by Gasteiger charge is -2.44. The minimum absolute atomic E-state index is 0.0774. The Bertz CT molecular complexity index is 734. The second-order valence-electron chi connectivity index (χ2n) is 6.71. The van der Waals surface area contributed by atoms with Crippen molar-refractivity contribution in [3.63, 3.8) is 0 Å². The van der Waals surface area contributed by atoms with Gasteiger partial charge >= 0.3 is 0 Å². The van der Waals surface area contributed by atoms with Gasteiger partial charge in [-0.2, -0.15) is 0 Å². The molecule has 24 heavy (non-hydrogen) atoms. The molecule has 0 spiro atoms. The van der Waals surface area contributed by atoms with Crippen LogP contribution in [0.2, 0.25) is 0 Å². The quantitative estimate of drug-likeness (QED) is 0.897. The van der Waals surface area contributed by atoms with Crippen molar-refractivity contribution in [2.75, 3.05) is 32.0 Å². The zero-order valence-electron chi connectivity index (χ0n) is 13.9. The van der Waals surface area contributed by atoms with Crippen molar-refractivity contribution in [1.82, 2.24) is 10.2 Å². The molecule has 3 aliphatic rings. The van der Waals surface area contributed by atoms with Gasteiger partial charge in [-0.1, -0.05) is 12.1 Å². The van der Waals surface area contributed by atoms with Crippen LogP contribution in [0.3, 0.4) is 0 Å². The molecule has 3 fully saturated rings. The number of rotatable bonds is 4. The lowest BCUT2D eigenvalue weighted by atomic mass is 9.84. The first kappa shape index (κ1) is 15.7. The van der Waals surface area contributed by atoms with Gasteiger partial charge in [0.1, 0.15) is 0 Å². The summed E-state index contributed by atoms with van der Waals surface area (Å²) in [6.45, 7) is 3.39. The largest absolute Gasteiger partial charge is 0.388 e. The third-order valence-corrected chi connectivity index (χ3v) is 6.22. The number of piperidine rings is 3. The Kier molecular flexibility index (Phi) is 4.29. The van der Waals surface area contributed by atoms with Crippen molar-refractivity contribution in [2.24, 2.45) is 5.92 Å². The van der Waals surface area contributed by atoms with E-state index in [1.54, 1.807) is 0 Å². The van der Waals surface area contributed by atoms with Crippen LogP contribution in [0.1, 0.15) is 22.5 Å². The van der Waals surface area contributed by atoms with Crippen molar-refractivity contribution in [3.05, 3.63) is 40.6 Å². The molecule has 126 valence electrons. The van der Waals surface area contributed by atoms with Gasteiger partial charge < -0.3 is 15.5 Å². The van der Waals surface area contributed by atoms with Crippen LogP contribution in [0.25, 0.3) is 11.1 Å². The zero-order valence-corrected chi connectivity index (χ0v) is 14.7. The van der Waals surface area contributed by atoms with Gasteiger partial charge in [0.25, 0.3) is 5.91 Å². The average molecular weight is 341 g/mol. The number of nitrogens with one attached hydrogen (secondary N) is 2. The molecule has 3 saturated heterocycles. The van der Waals surface area contributed by atoms with Gasteiger partial charge in [-0.25, -0.2) is 0 Å². The highest BCUT2D eigenvalue weighted by Crippen LogP contribution is 2.31. The van der Waals surface area contributed by atoms with Gasteiger partial charge in [-0.3, -0.25) is 4.79 Å². The lowest BCUT2D eigenvalue weighted by molar-refractivity contribution is 0.0623. The summed E-state index contributed by atoms with van der Waals surface area (Å²) in [7, 11) is 1.91. The van der Waals surface area contributed by atoms with Gasteiger partial charge in [0.15, 0.2) is 0 Å². The molecular weight excluding hydrogens is 318 g/mol. The summed E-state index contributed by atoms with van der Waals surface area (Å²) in [5.41, 5.74) is 3.17. The summed E-state index contributed by atoms with van der Waals surface area (Å²) in [6.07, 6.45) is 2.43. The molecular formula is C19H23N3OS. The highest BCUT2D eigenvalue weighted by molar-refractivity contribution is 7.12. The summed E-state index contributed by atoms with van der Waals surface area (Å²) in [5.74, 6) is 0.726. The van der Waals surface area contributed by atoms with Gasteiger partial charge in [0.2, 0.25) is 0 Å². The molecule has 3 aliphatic heterocycles. The molecule has 2 bridgehead atoms. The SMILES string of the molecule is CNc1cccc(-c2ccsc2C(=O)NC2CN3CCC2CC3)c1. The fourth-order valence-electron chi connectivity index (χ4n) is 3.92. The van der Waals surface area contributed by atoms with Crippen LogP contribution in [0, 0.1) is 5.92 Å². The molecule has 5 rings (SSSR count). The highest BCUT2D eigenvalue weighted by Gasteiger charge is 2.35. The summed E-state index contributed by atoms with van der Waals surface area (Å²) in [5, 5.41) is 8.47. The van der Waals surface area contributed by atoms with Crippen molar-refractivity contribution >= 4 is 22.9 Å². The number of hydrogen-bond acceptors (Lipinski definition) is 4. The van der Waals surface area contributed by atoms with Gasteiger partial charge in [-0.05, 0) is 61.0 Å². The van der Waals surface area contributed by atoms with E-state index in [1.807, 2.05) is 30.6 Å². The van der Waals surface area contributed by atoms with Crippen LogP contribution < -0.4 is 10.6 Å². The first-order valence-electron chi connectivity index (χ1n) is 8.63. The molecule has 4 heterocycles. The summed E-state index contributed by atoms with van der Waals surface area (Å²) < 4.78 is 0. The molecule has 0 saturated carbocycles. The van der Waals surface area contributed by atoms with Crippen molar-refractivity contribution < 1.29 is 4.79 Å². The number of benzene rings is 1. The second-order valence-corrected chi connectivity index (χ2v) is 7.63. The van der Waals surface area contributed by atoms with Crippen LogP contribution in [0.5, 0.6) is 0 Å². The lowest BCUT2D eigenvalue weighted by Crippen LogP contribution is -2.57. The van der Waals surface area contributed by atoms with Crippen LogP contribution in [0.4, 0.5) is 5.69 Å². The standard InChI is InChI=1S/C19H23N3OS/c1-20-15-4-2-3-14(11-15)16-7-10-24-18(16)19(23)21-17-12-22-8-5-13(17)6-9-22/h2-4,7,10-11,13,17,20H,5-6,8-9,12H2,1H3,(H,21,23). The van der Waals surface area contributed by atoms with E-state index in [1.165, 1.54) is 37.3 Å². The van der Waals surface area contributed by atoms with E-state index < -0.39 is 0 Å². The number of carbonyl (C=O) groups is 1. The maximum atomic E-state index is 12.9.